The van der Waals surface area contributed by atoms with Crippen LogP contribution in [-0.4, -0.2) is 113 Å². The Labute approximate surface area is 179 Å². The summed E-state index contributed by atoms with van der Waals surface area (Å²) in [6.45, 7) is 12.6. The van der Waals surface area contributed by atoms with Crippen molar-refractivity contribution in [2.75, 3.05) is 86.7 Å². The predicted octanol–water partition coefficient (Wildman–Crippen LogP) is 1.46. The SMILES string of the molecule is CCNC(=NCC1(N2CCCCC2)CCN(C)CC1)NCCN(C)CCCOC. The summed E-state index contributed by atoms with van der Waals surface area (Å²) in [4.78, 5) is 12.7. The molecule has 0 aromatic heterocycles. The molecule has 0 aromatic rings. The number of aliphatic imine (C=N–C) groups is 1. The van der Waals surface area contributed by atoms with Gasteiger partial charge in [0.1, 0.15) is 0 Å². The van der Waals surface area contributed by atoms with Crippen LogP contribution in [0.25, 0.3) is 0 Å². The number of hydrogen-bond donors (Lipinski definition) is 2. The topological polar surface area (TPSA) is 55.4 Å². The van der Waals surface area contributed by atoms with Crippen LogP contribution < -0.4 is 10.6 Å². The number of likely N-dealkylation sites (N-methyl/N-ethyl adjacent to an activating group) is 1. The first-order chi connectivity index (χ1) is 14.1. The van der Waals surface area contributed by atoms with E-state index >= 15 is 0 Å². The molecular formula is C22H46N6O. The van der Waals surface area contributed by atoms with Gasteiger partial charge in [-0.3, -0.25) is 9.89 Å². The Morgan fingerprint density at radius 3 is 2.45 bits per heavy atom. The highest BCUT2D eigenvalue weighted by atomic mass is 16.5. The average molecular weight is 411 g/mol. The van der Waals surface area contributed by atoms with E-state index in [9.17, 15) is 0 Å². The van der Waals surface area contributed by atoms with E-state index in [0.29, 0.717) is 0 Å². The van der Waals surface area contributed by atoms with Crippen molar-refractivity contribution < 1.29 is 4.74 Å². The van der Waals surface area contributed by atoms with Crippen LogP contribution in [0.2, 0.25) is 0 Å². The van der Waals surface area contributed by atoms with E-state index in [-0.39, 0.29) is 5.54 Å². The summed E-state index contributed by atoms with van der Waals surface area (Å²) in [6.07, 6.45) is 7.61. The average Bonchev–Trinajstić information content (AvgIpc) is 2.74. The van der Waals surface area contributed by atoms with E-state index in [1.54, 1.807) is 7.11 Å². The van der Waals surface area contributed by atoms with E-state index < -0.39 is 0 Å². The quantitative estimate of drug-likeness (QED) is 0.306. The summed E-state index contributed by atoms with van der Waals surface area (Å²) in [5, 5.41) is 7.00. The van der Waals surface area contributed by atoms with Gasteiger partial charge in [0.05, 0.1) is 6.54 Å². The molecule has 2 fully saturated rings. The van der Waals surface area contributed by atoms with Gasteiger partial charge in [-0.2, -0.15) is 0 Å². The van der Waals surface area contributed by atoms with Gasteiger partial charge in [0, 0.05) is 45.4 Å². The number of likely N-dealkylation sites (tertiary alicyclic amines) is 2. The second-order valence-corrected chi connectivity index (χ2v) is 8.85. The zero-order valence-electron chi connectivity index (χ0n) is 19.5. The molecule has 0 radical (unpaired) electrons. The predicted molar refractivity (Wildman–Crippen MR) is 123 cm³/mol. The second-order valence-electron chi connectivity index (χ2n) is 8.85. The number of hydrogen-bond acceptors (Lipinski definition) is 5. The third-order valence-electron chi connectivity index (χ3n) is 6.49. The summed E-state index contributed by atoms with van der Waals surface area (Å²) in [7, 11) is 6.19. The first kappa shape index (κ1) is 24.4. The summed E-state index contributed by atoms with van der Waals surface area (Å²) in [6, 6.07) is 0. The van der Waals surface area contributed by atoms with Gasteiger partial charge in [-0.1, -0.05) is 6.42 Å². The fourth-order valence-electron chi connectivity index (χ4n) is 4.50. The smallest absolute Gasteiger partial charge is 0.191 e. The first-order valence-corrected chi connectivity index (χ1v) is 11.7. The zero-order valence-corrected chi connectivity index (χ0v) is 19.5. The number of nitrogens with one attached hydrogen (secondary N) is 2. The minimum absolute atomic E-state index is 0.242. The molecule has 7 nitrogen and oxygen atoms in total. The molecule has 0 saturated carbocycles. The van der Waals surface area contributed by atoms with Crippen LogP contribution in [0.5, 0.6) is 0 Å². The van der Waals surface area contributed by atoms with Gasteiger partial charge >= 0.3 is 0 Å². The Hall–Kier alpha value is -0.890. The normalized spacial score (nSPS) is 21.5. The van der Waals surface area contributed by atoms with Gasteiger partial charge in [0.25, 0.3) is 0 Å². The Balaban J connectivity index is 1.90. The number of methoxy groups -OCH3 is 1. The maximum Gasteiger partial charge on any atom is 0.191 e. The molecule has 0 bridgehead atoms. The number of guanidine groups is 1. The van der Waals surface area contributed by atoms with Gasteiger partial charge in [0.15, 0.2) is 5.96 Å². The highest BCUT2D eigenvalue weighted by Gasteiger charge is 2.39. The van der Waals surface area contributed by atoms with E-state index in [4.69, 9.17) is 9.73 Å². The van der Waals surface area contributed by atoms with Gasteiger partial charge in [-0.25, -0.2) is 0 Å². The maximum atomic E-state index is 5.14. The molecule has 7 heteroatoms. The lowest BCUT2D eigenvalue weighted by Crippen LogP contribution is -2.58. The van der Waals surface area contributed by atoms with Crippen molar-refractivity contribution >= 4 is 5.96 Å². The fraction of sp³-hybridized carbons (Fsp3) is 0.955. The van der Waals surface area contributed by atoms with Gasteiger partial charge in [-0.15, -0.1) is 0 Å². The largest absolute Gasteiger partial charge is 0.385 e. The number of ether oxygens (including phenoxy) is 1. The lowest BCUT2D eigenvalue weighted by atomic mass is 9.84. The minimum atomic E-state index is 0.242. The van der Waals surface area contributed by atoms with Crippen LogP contribution in [0.1, 0.15) is 45.4 Å². The van der Waals surface area contributed by atoms with Crippen molar-refractivity contribution in [2.24, 2.45) is 4.99 Å². The lowest BCUT2D eigenvalue weighted by Gasteiger charge is -2.49. The highest BCUT2D eigenvalue weighted by molar-refractivity contribution is 5.79. The zero-order chi connectivity index (χ0) is 21.0. The summed E-state index contributed by atoms with van der Waals surface area (Å²) >= 11 is 0. The van der Waals surface area contributed by atoms with Crippen molar-refractivity contribution in [1.82, 2.24) is 25.3 Å². The third-order valence-corrected chi connectivity index (χ3v) is 6.49. The summed E-state index contributed by atoms with van der Waals surface area (Å²) < 4.78 is 5.14. The molecule has 0 aliphatic carbocycles. The Morgan fingerprint density at radius 1 is 1.07 bits per heavy atom. The minimum Gasteiger partial charge on any atom is -0.385 e. The van der Waals surface area contributed by atoms with Crippen LogP contribution in [0.4, 0.5) is 0 Å². The molecule has 2 aliphatic rings. The Morgan fingerprint density at radius 2 is 1.79 bits per heavy atom. The molecule has 2 heterocycles. The van der Waals surface area contributed by atoms with Gasteiger partial charge in [0.2, 0.25) is 0 Å². The van der Waals surface area contributed by atoms with Crippen molar-refractivity contribution in [3.63, 3.8) is 0 Å². The monoisotopic (exact) mass is 410 g/mol. The van der Waals surface area contributed by atoms with Gasteiger partial charge < -0.3 is 25.2 Å². The van der Waals surface area contributed by atoms with Crippen LogP contribution in [0, 0.1) is 0 Å². The van der Waals surface area contributed by atoms with Crippen LogP contribution in [0.15, 0.2) is 4.99 Å². The second kappa shape index (κ2) is 13.4. The Bertz CT molecular complexity index is 458. The lowest BCUT2D eigenvalue weighted by molar-refractivity contribution is 0.0208. The molecule has 2 saturated heterocycles. The standard InChI is InChI=1S/C22H46N6O/c1-5-23-21(24-12-18-26(2)13-9-19-29-4)25-20-22(10-16-27(3)17-11-22)28-14-7-6-8-15-28/h5-20H2,1-4H3,(H2,23,24,25). The number of nitrogens with zero attached hydrogens (tertiary/aromatic N) is 4. The molecular weight excluding hydrogens is 364 g/mol. The molecule has 2 rings (SSSR count). The van der Waals surface area contributed by atoms with E-state index in [1.165, 1.54) is 58.3 Å². The van der Waals surface area contributed by atoms with Crippen LogP contribution >= 0.6 is 0 Å². The summed E-state index contributed by atoms with van der Waals surface area (Å²) in [5.41, 5.74) is 0.242. The molecule has 0 spiro atoms. The maximum absolute atomic E-state index is 5.14. The molecule has 29 heavy (non-hydrogen) atoms. The molecule has 170 valence electrons. The Kier molecular flexibility index (Phi) is 11.3. The summed E-state index contributed by atoms with van der Waals surface area (Å²) in [5.74, 6) is 0.966. The molecule has 0 atom stereocenters. The van der Waals surface area contributed by atoms with Crippen molar-refractivity contribution in [3.05, 3.63) is 0 Å². The molecule has 0 unspecified atom stereocenters. The van der Waals surface area contributed by atoms with Crippen molar-refractivity contribution in [3.8, 4) is 0 Å². The van der Waals surface area contributed by atoms with E-state index in [0.717, 1.165) is 51.7 Å². The molecule has 0 aromatic carbocycles. The van der Waals surface area contributed by atoms with Crippen LogP contribution in [-0.2, 0) is 4.74 Å². The molecule has 2 aliphatic heterocycles. The molecule has 2 N–H and O–H groups in total. The number of rotatable bonds is 11. The number of piperidine rings is 2. The van der Waals surface area contributed by atoms with Crippen LogP contribution in [0.3, 0.4) is 0 Å². The highest BCUT2D eigenvalue weighted by Crippen LogP contribution is 2.31. The third kappa shape index (κ3) is 8.40. The van der Waals surface area contributed by atoms with E-state index in [2.05, 4.69) is 46.4 Å². The fourth-order valence-corrected chi connectivity index (χ4v) is 4.50. The molecule has 0 amide bonds. The van der Waals surface area contributed by atoms with Crippen molar-refractivity contribution in [2.45, 2.75) is 51.0 Å². The first-order valence-electron chi connectivity index (χ1n) is 11.7. The van der Waals surface area contributed by atoms with Gasteiger partial charge in [-0.05, 0) is 79.3 Å². The van der Waals surface area contributed by atoms with Crippen molar-refractivity contribution in [1.29, 1.82) is 0 Å². The van der Waals surface area contributed by atoms with E-state index in [1.807, 2.05) is 0 Å².